The van der Waals surface area contributed by atoms with Crippen LogP contribution in [0.1, 0.15) is 24.5 Å². The number of benzene rings is 1. The van der Waals surface area contributed by atoms with Gasteiger partial charge < -0.3 is 9.64 Å². The molecule has 1 aliphatic heterocycles. The molecule has 1 amide bonds. The number of sulfonamides is 1. The molecule has 2 rings (SSSR count). The van der Waals surface area contributed by atoms with Crippen molar-refractivity contribution in [1.82, 2.24) is 9.21 Å². The molecule has 138 valence electrons. The van der Waals surface area contributed by atoms with Crippen LogP contribution in [0.2, 0.25) is 0 Å². The number of likely N-dealkylation sites (N-methyl/N-ethyl adjacent to an activating group) is 1. The number of amides is 1. The Morgan fingerprint density at radius 3 is 2.20 bits per heavy atom. The Bertz CT molecular complexity index is 710. The summed E-state index contributed by atoms with van der Waals surface area (Å²) < 4.78 is 30.0. The number of carbonyl (C=O) groups is 2. The molecule has 0 saturated carbocycles. The molecule has 0 N–H and O–H groups in total. The number of rotatable bonds is 5. The highest BCUT2D eigenvalue weighted by Gasteiger charge is 2.33. The Morgan fingerprint density at radius 2 is 1.72 bits per heavy atom. The lowest BCUT2D eigenvalue weighted by molar-refractivity contribution is -0.164. The van der Waals surface area contributed by atoms with Gasteiger partial charge in [0.1, 0.15) is 0 Å². The van der Waals surface area contributed by atoms with Crippen molar-refractivity contribution >= 4 is 21.9 Å². The van der Waals surface area contributed by atoms with E-state index in [2.05, 4.69) is 0 Å². The maximum absolute atomic E-state index is 12.5. The zero-order chi connectivity index (χ0) is 18.6. The second kappa shape index (κ2) is 7.97. The number of esters is 1. The second-order valence-corrected chi connectivity index (χ2v) is 8.38. The largest absolute Gasteiger partial charge is 0.447 e. The van der Waals surface area contributed by atoms with Crippen LogP contribution in [0.5, 0.6) is 0 Å². The Kier molecular flexibility index (Phi) is 6.18. The highest BCUT2D eigenvalue weighted by atomic mass is 32.2. The van der Waals surface area contributed by atoms with Crippen molar-refractivity contribution < 1.29 is 22.7 Å². The van der Waals surface area contributed by atoms with Crippen molar-refractivity contribution in [3.05, 3.63) is 35.9 Å². The van der Waals surface area contributed by atoms with Gasteiger partial charge in [-0.3, -0.25) is 9.59 Å². The van der Waals surface area contributed by atoms with Crippen LogP contribution in [0.3, 0.4) is 0 Å². The standard InChI is InChI=1S/C17H24N2O5S/c1-18(2)16(20)15(13-7-5-4-6-8-13)24-17(21)14-9-11-19(12-10-14)25(3,22)23/h4-8,14-15H,9-12H2,1-3H3. The number of ether oxygens (including phenoxy) is 1. The van der Waals surface area contributed by atoms with Crippen molar-refractivity contribution in [3.8, 4) is 0 Å². The molecule has 1 atom stereocenters. The summed E-state index contributed by atoms with van der Waals surface area (Å²) in [5.74, 6) is -1.18. The molecule has 0 aromatic heterocycles. The van der Waals surface area contributed by atoms with Crippen LogP contribution in [0, 0.1) is 5.92 Å². The number of nitrogens with zero attached hydrogens (tertiary/aromatic N) is 2. The quantitative estimate of drug-likeness (QED) is 0.725. The maximum Gasteiger partial charge on any atom is 0.310 e. The van der Waals surface area contributed by atoms with Crippen molar-refractivity contribution in [1.29, 1.82) is 0 Å². The first-order valence-electron chi connectivity index (χ1n) is 8.12. The molecule has 8 heteroatoms. The molecular formula is C17H24N2O5S. The van der Waals surface area contributed by atoms with E-state index in [1.807, 2.05) is 6.07 Å². The summed E-state index contributed by atoms with van der Waals surface area (Å²) in [7, 11) is -0.0296. The minimum atomic E-state index is -3.25. The summed E-state index contributed by atoms with van der Waals surface area (Å²) in [6.07, 6.45) is 0.955. The first kappa shape index (κ1) is 19.4. The average molecular weight is 368 g/mol. The lowest BCUT2D eigenvalue weighted by atomic mass is 9.98. The highest BCUT2D eigenvalue weighted by molar-refractivity contribution is 7.88. The molecule has 1 fully saturated rings. The third-order valence-corrected chi connectivity index (χ3v) is 5.56. The molecule has 1 saturated heterocycles. The molecule has 25 heavy (non-hydrogen) atoms. The summed E-state index contributed by atoms with van der Waals surface area (Å²) in [6.45, 7) is 0.576. The number of hydrogen-bond acceptors (Lipinski definition) is 5. The zero-order valence-corrected chi connectivity index (χ0v) is 15.5. The Morgan fingerprint density at radius 1 is 1.16 bits per heavy atom. The number of hydrogen-bond donors (Lipinski definition) is 0. The van der Waals surface area contributed by atoms with Gasteiger partial charge in [0.05, 0.1) is 12.2 Å². The van der Waals surface area contributed by atoms with E-state index in [9.17, 15) is 18.0 Å². The van der Waals surface area contributed by atoms with Crippen molar-refractivity contribution in [2.75, 3.05) is 33.4 Å². The van der Waals surface area contributed by atoms with Gasteiger partial charge in [-0.1, -0.05) is 30.3 Å². The van der Waals surface area contributed by atoms with Gasteiger partial charge in [0.15, 0.2) is 0 Å². The summed E-state index contributed by atoms with van der Waals surface area (Å²) in [5.41, 5.74) is 0.614. The summed E-state index contributed by atoms with van der Waals surface area (Å²) in [6, 6.07) is 8.87. The second-order valence-electron chi connectivity index (χ2n) is 6.40. The minimum absolute atomic E-state index is 0.288. The lowest BCUT2D eigenvalue weighted by Gasteiger charge is -2.30. The smallest absolute Gasteiger partial charge is 0.310 e. The monoisotopic (exact) mass is 368 g/mol. The van der Waals surface area contributed by atoms with E-state index in [4.69, 9.17) is 4.74 Å². The fraction of sp³-hybridized carbons (Fsp3) is 0.529. The van der Waals surface area contributed by atoms with Crippen LogP contribution in [0.25, 0.3) is 0 Å². The van der Waals surface area contributed by atoms with Crippen LogP contribution in [0.4, 0.5) is 0 Å². The molecule has 0 spiro atoms. The predicted molar refractivity (Wildman–Crippen MR) is 93.1 cm³/mol. The topological polar surface area (TPSA) is 84.0 Å². The van der Waals surface area contributed by atoms with E-state index < -0.39 is 28.0 Å². The third kappa shape index (κ3) is 5.02. The molecule has 1 aliphatic rings. The molecule has 0 bridgehead atoms. The van der Waals surface area contributed by atoms with Gasteiger partial charge in [0.2, 0.25) is 16.1 Å². The first-order chi connectivity index (χ1) is 11.7. The molecular weight excluding hydrogens is 344 g/mol. The molecule has 0 aliphatic carbocycles. The zero-order valence-electron chi connectivity index (χ0n) is 14.7. The summed E-state index contributed by atoms with van der Waals surface area (Å²) in [4.78, 5) is 26.3. The normalized spacial score (nSPS) is 17.7. The predicted octanol–water partition coefficient (Wildman–Crippen LogP) is 1.03. The van der Waals surface area contributed by atoms with Crippen LogP contribution < -0.4 is 0 Å². The number of piperidine rings is 1. The highest BCUT2D eigenvalue weighted by Crippen LogP contribution is 2.25. The van der Waals surface area contributed by atoms with E-state index in [-0.39, 0.29) is 19.0 Å². The van der Waals surface area contributed by atoms with E-state index in [1.54, 1.807) is 38.4 Å². The van der Waals surface area contributed by atoms with Crippen molar-refractivity contribution in [3.63, 3.8) is 0 Å². The molecule has 7 nitrogen and oxygen atoms in total. The fourth-order valence-corrected chi connectivity index (χ4v) is 3.63. The number of carbonyl (C=O) groups excluding carboxylic acids is 2. The summed E-state index contributed by atoms with van der Waals surface area (Å²) >= 11 is 0. The molecule has 1 aromatic rings. The average Bonchev–Trinajstić information content (AvgIpc) is 2.59. The van der Waals surface area contributed by atoms with Gasteiger partial charge in [0.25, 0.3) is 5.91 Å². The molecule has 1 unspecified atom stereocenters. The van der Waals surface area contributed by atoms with Crippen LogP contribution in [-0.2, 0) is 24.3 Å². The Labute approximate surface area is 148 Å². The van der Waals surface area contributed by atoms with Crippen molar-refractivity contribution in [2.45, 2.75) is 18.9 Å². The minimum Gasteiger partial charge on any atom is -0.447 e. The SMILES string of the molecule is CN(C)C(=O)C(OC(=O)C1CCN(S(C)(=O)=O)CC1)c1ccccc1. The fourth-order valence-electron chi connectivity index (χ4n) is 2.76. The van der Waals surface area contributed by atoms with Gasteiger partial charge in [-0.2, -0.15) is 0 Å². The van der Waals surface area contributed by atoms with Crippen LogP contribution >= 0.6 is 0 Å². The summed E-state index contributed by atoms with van der Waals surface area (Å²) in [5, 5.41) is 0. The van der Waals surface area contributed by atoms with Crippen LogP contribution in [0.15, 0.2) is 30.3 Å². The lowest BCUT2D eigenvalue weighted by Crippen LogP contribution is -2.41. The van der Waals surface area contributed by atoms with E-state index in [1.165, 1.54) is 9.21 Å². The van der Waals surface area contributed by atoms with Gasteiger partial charge in [0, 0.05) is 32.7 Å². The van der Waals surface area contributed by atoms with Gasteiger partial charge >= 0.3 is 5.97 Å². The third-order valence-electron chi connectivity index (χ3n) is 4.26. The first-order valence-corrected chi connectivity index (χ1v) is 9.96. The Balaban J connectivity index is 2.07. The van der Waals surface area contributed by atoms with Gasteiger partial charge in [-0.25, -0.2) is 12.7 Å². The van der Waals surface area contributed by atoms with E-state index in [0.717, 1.165) is 6.26 Å². The van der Waals surface area contributed by atoms with Crippen LogP contribution in [-0.4, -0.2) is 62.9 Å². The van der Waals surface area contributed by atoms with Gasteiger partial charge in [-0.05, 0) is 12.8 Å². The Hall–Kier alpha value is -1.93. The van der Waals surface area contributed by atoms with E-state index >= 15 is 0 Å². The van der Waals surface area contributed by atoms with Crippen molar-refractivity contribution in [2.24, 2.45) is 5.92 Å². The van der Waals surface area contributed by atoms with Gasteiger partial charge in [-0.15, -0.1) is 0 Å². The maximum atomic E-state index is 12.5. The molecule has 1 aromatic carbocycles. The molecule has 0 radical (unpaired) electrons. The van der Waals surface area contributed by atoms with E-state index in [0.29, 0.717) is 18.4 Å². The molecule has 1 heterocycles.